The molecule has 4 nitrogen and oxygen atoms in total. The minimum absolute atomic E-state index is 0.348. The van der Waals surface area contributed by atoms with Gasteiger partial charge in [0.25, 0.3) is 0 Å². The molecule has 0 aliphatic heterocycles. The fourth-order valence-electron chi connectivity index (χ4n) is 1.92. The molecule has 0 saturated heterocycles. The molecule has 17 heavy (non-hydrogen) atoms. The topological polar surface area (TPSA) is 51.5 Å². The van der Waals surface area contributed by atoms with E-state index in [0.29, 0.717) is 5.88 Å². The number of carbonyl (C=O) groups is 1. The Morgan fingerprint density at radius 1 is 1.29 bits per heavy atom. The van der Waals surface area contributed by atoms with E-state index < -0.39 is 6.16 Å². The molecule has 0 fully saturated rings. The van der Waals surface area contributed by atoms with E-state index in [9.17, 15) is 4.79 Å². The zero-order valence-electron chi connectivity index (χ0n) is 9.68. The van der Waals surface area contributed by atoms with Crippen LogP contribution in [-0.4, -0.2) is 15.8 Å². The van der Waals surface area contributed by atoms with Crippen LogP contribution in [0.25, 0.3) is 11.1 Å². The van der Waals surface area contributed by atoms with Gasteiger partial charge in [0.1, 0.15) is 0 Å². The quantitative estimate of drug-likeness (QED) is 0.808. The normalized spacial score (nSPS) is 10.2. The van der Waals surface area contributed by atoms with Crippen LogP contribution in [0.15, 0.2) is 36.5 Å². The van der Waals surface area contributed by atoms with Gasteiger partial charge in [-0.1, -0.05) is 30.3 Å². The molecular formula is C13H13NO3. The number of hydrogen-bond acceptors (Lipinski definition) is 2. The lowest BCUT2D eigenvalue weighted by molar-refractivity contribution is 0.141. The summed E-state index contributed by atoms with van der Waals surface area (Å²) < 4.78 is 6.50. The van der Waals surface area contributed by atoms with Crippen molar-refractivity contribution >= 4 is 6.16 Å². The fraction of sp³-hybridized carbons (Fsp3) is 0.154. The van der Waals surface area contributed by atoms with Gasteiger partial charge >= 0.3 is 6.16 Å². The van der Waals surface area contributed by atoms with Crippen LogP contribution in [0.2, 0.25) is 0 Å². The van der Waals surface area contributed by atoms with Crippen LogP contribution in [0.4, 0.5) is 4.79 Å². The van der Waals surface area contributed by atoms with Crippen LogP contribution in [0.1, 0.15) is 5.56 Å². The van der Waals surface area contributed by atoms with E-state index >= 15 is 0 Å². The smallest absolute Gasteiger partial charge is 0.449 e. The summed E-state index contributed by atoms with van der Waals surface area (Å²) in [6.45, 7) is 1.93. The Hall–Kier alpha value is -2.23. The Kier molecular flexibility index (Phi) is 2.87. The molecule has 2 rings (SSSR count). The average molecular weight is 231 g/mol. The van der Waals surface area contributed by atoms with Crippen molar-refractivity contribution in [2.45, 2.75) is 6.92 Å². The molecular weight excluding hydrogens is 218 g/mol. The number of hydrogen-bond donors (Lipinski definition) is 1. The summed E-state index contributed by atoms with van der Waals surface area (Å²) in [5, 5.41) is 8.74. The van der Waals surface area contributed by atoms with E-state index in [-0.39, 0.29) is 0 Å². The molecule has 0 bridgehead atoms. The van der Waals surface area contributed by atoms with Crippen molar-refractivity contribution in [3.63, 3.8) is 0 Å². The molecule has 2 aromatic rings. The van der Waals surface area contributed by atoms with Gasteiger partial charge in [0.15, 0.2) is 0 Å². The van der Waals surface area contributed by atoms with Crippen molar-refractivity contribution in [2.75, 3.05) is 0 Å². The number of rotatable bonds is 2. The largest absolute Gasteiger partial charge is 0.512 e. The lowest BCUT2D eigenvalue weighted by Gasteiger charge is -2.06. The van der Waals surface area contributed by atoms with Gasteiger partial charge in [0.2, 0.25) is 5.88 Å². The highest BCUT2D eigenvalue weighted by Crippen LogP contribution is 2.34. The Bertz CT molecular complexity index is 543. The Morgan fingerprint density at radius 2 is 1.94 bits per heavy atom. The highest BCUT2D eigenvalue weighted by Gasteiger charge is 2.16. The molecule has 1 heterocycles. The summed E-state index contributed by atoms with van der Waals surface area (Å²) in [5.41, 5.74) is 2.74. The van der Waals surface area contributed by atoms with Crippen molar-refractivity contribution in [3.05, 3.63) is 42.1 Å². The van der Waals surface area contributed by atoms with Gasteiger partial charge in [0.05, 0.1) is 0 Å². The maximum absolute atomic E-state index is 10.7. The summed E-state index contributed by atoms with van der Waals surface area (Å²) >= 11 is 0. The van der Waals surface area contributed by atoms with Gasteiger partial charge in [-0.05, 0) is 18.1 Å². The summed E-state index contributed by atoms with van der Waals surface area (Å²) in [6, 6.07) is 9.59. The summed E-state index contributed by atoms with van der Waals surface area (Å²) in [5.74, 6) is 0.348. The highest BCUT2D eigenvalue weighted by atomic mass is 16.7. The molecule has 0 unspecified atom stereocenters. The van der Waals surface area contributed by atoms with E-state index in [1.165, 1.54) is 0 Å². The van der Waals surface area contributed by atoms with Gasteiger partial charge in [-0.15, -0.1) is 0 Å². The maximum atomic E-state index is 10.7. The summed E-state index contributed by atoms with van der Waals surface area (Å²) in [4.78, 5) is 10.7. The molecule has 1 aromatic carbocycles. The summed E-state index contributed by atoms with van der Waals surface area (Å²) in [7, 11) is 1.76. The number of aryl methyl sites for hydroxylation is 2. The van der Waals surface area contributed by atoms with Crippen LogP contribution in [-0.2, 0) is 7.05 Å². The molecule has 88 valence electrons. The molecule has 0 atom stereocenters. The average Bonchev–Trinajstić information content (AvgIpc) is 2.54. The first kappa shape index (κ1) is 11.3. The number of benzene rings is 1. The third kappa shape index (κ3) is 2.15. The van der Waals surface area contributed by atoms with E-state index in [1.54, 1.807) is 11.6 Å². The minimum atomic E-state index is -1.30. The molecule has 0 aliphatic rings. The van der Waals surface area contributed by atoms with Gasteiger partial charge in [-0.25, -0.2) is 4.79 Å². The van der Waals surface area contributed by atoms with Crippen LogP contribution >= 0.6 is 0 Å². The molecule has 1 aromatic heterocycles. The zero-order chi connectivity index (χ0) is 12.4. The Balaban J connectivity index is 2.56. The predicted octanol–water partition coefficient (Wildman–Crippen LogP) is 3.06. The standard InChI is InChI=1S/C13H13NO3/c1-9-8-14(2)12(17-13(15)16)11(9)10-6-4-3-5-7-10/h3-8H,1-2H3,(H,15,16). The molecule has 0 aliphatic carbocycles. The Labute approximate surface area is 99.1 Å². The minimum Gasteiger partial charge on any atom is -0.449 e. The lowest BCUT2D eigenvalue weighted by atomic mass is 10.1. The van der Waals surface area contributed by atoms with Crippen molar-refractivity contribution in [1.29, 1.82) is 0 Å². The van der Waals surface area contributed by atoms with Gasteiger partial charge in [-0.3, -0.25) is 0 Å². The van der Waals surface area contributed by atoms with Crippen molar-refractivity contribution in [1.82, 2.24) is 4.57 Å². The van der Waals surface area contributed by atoms with Gasteiger partial charge in [0, 0.05) is 18.8 Å². The number of aromatic nitrogens is 1. The molecule has 0 radical (unpaired) electrons. The SMILES string of the molecule is Cc1cn(C)c(OC(=O)O)c1-c1ccccc1. The van der Waals surface area contributed by atoms with Gasteiger partial charge < -0.3 is 14.4 Å². The van der Waals surface area contributed by atoms with Crippen molar-refractivity contribution < 1.29 is 14.6 Å². The lowest BCUT2D eigenvalue weighted by Crippen LogP contribution is -2.07. The first-order chi connectivity index (χ1) is 8.09. The van der Waals surface area contributed by atoms with Crippen LogP contribution in [0, 0.1) is 6.92 Å². The molecule has 0 amide bonds. The zero-order valence-corrected chi connectivity index (χ0v) is 9.68. The second kappa shape index (κ2) is 4.33. The monoisotopic (exact) mass is 231 g/mol. The third-order valence-electron chi connectivity index (χ3n) is 2.56. The first-order valence-corrected chi connectivity index (χ1v) is 5.21. The maximum Gasteiger partial charge on any atom is 0.512 e. The van der Waals surface area contributed by atoms with Gasteiger partial charge in [-0.2, -0.15) is 0 Å². The second-order valence-corrected chi connectivity index (χ2v) is 3.84. The molecule has 1 N–H and O–H groups in total. The van der Waals surface area contributed by atoms with E-state index in [1.807, 2.05) is 43.5 Å². The predicted molar refractivity (Wildman–Crippen MR) is 64.2 cm³/mol. The second-order valence-electron chi connectivity index (χ2n) is 3.84. The molecule has 0 spiro atoms. The van der Waals surface area contributed by atoms with E-state index in [0.717, 1.165) is 16.7 Å². The first-order valence-electron chi connectivity index (χ1n) is 5.21. The highest BCUT2D eigenvalue weighted by molar-refractivity contribution is 5.75. The number of carboxylic acid groups (broad SMARTS) is 1. The third-order valence-corrected chi connectivity index (χ3v) is 2.56. The van der Waals surface area contributed by atoms with E-state index in [4.69, 9.17) is 9.84 Å². The Morgan fingerprint density at radius 3 is 2.53 bits per heavy atom. The van der Waals surface area contributed by atoms with Crippen LogP contribution < -0.4 is 4.74 Å². The van der Waals surface area contributed by atoms with E-state index in [2.05, 4.69) is 0 Å². The van der Waals surface area contributed by atoms with Crippen molar-refractivity contribution in [2.24, 2.45) is 7.05 Å². The van der Waals surface area contributed by atoms with Crippen LogP contribution in [0.3, 0.4) is 0 Å². The molecule has 4 heteroatoms. The number of nitrogens with zero attached hydrogens (tertiary/aromatic N) is 1. The fourth-order valence-corrected chi connectivity index (χ4v) is 1.92. The summed E-state index contributed by atoms with van der Waals surface area (Å²) in [6.07, 6.45) is 0.545. The van der Waals surface area contributed by atoms with Crippen LogP contribution in [0.5, 0.6) is 5.88 Å². The number of ether oxygens (including phenoxy) is 1. The molecule has 0 saturated carbocycles. The van der Waals surface area contributed by atoms with Crippen molar-refractivity contribution in [3.8, 4) is 17.0 Å².